The molecule has 1 aromatic rings. The van der Waals surface area contributed by atoms with E-state index >= 15 is 0 Å². The number of nitrogen functional groups attached to an aromatic ring is 1. The highest BCUT2D eigenvalue weighted by Gasteiger charge is 2.34. The Kier molecular flexibility index (Phi) is 3.80. The number of piperidine rings is 1. The largest absolute Gasteiger partial charge is 0.396 e. The van der Waals surface area contributed by atoms with E-state index in [0.717, 1.165) is 19.4 Å². The molecule has 1 aliphatic rings. The molecule has 1 aliphatic heterocycles. The molecule has 2 N–H and O–H groups in total. The molecule has 0 bridgehead atoms. The molecule has 6 nitrogen and oxygen atoms in total. The van der Waals surface area contributed by atoms with Gasteiger partial charge in [0.15, 0.2) is 0 Å². The number of hydrogen-bond acceptors (Lipinski definition) is 4. The second-order valence-corrected chi connectivity index (χ2v) is 5.25. The van der Waals surface area contributed by atoms with Gasteiger partial charge in [-0.3, -0.25) is 9.48 Å². The lowest BCUT2D eigenvalue weighted by atomic mass is 9.94. The number of carbonyl (C=O) groups is 1. The quantitative estimate of drug-likeness (QED) is 0.890. The zero-order valence-electron chi connectivity index (χ0n) is 11.8. The molecular formula is C13H22N4O2. The van der Waals surface area contributed by atoms with Crippen LogP contribution < -0.4 is 5.73 Å². The highest BCUT2D eigenvalue weighted by atomic mass is 16.5. The first-order chi connectivity index (χ1) is 9.00. The zero-order chi connectivity index (χ0) is 14.0. The van der Waals surface area contributed by atoms with Crippen LogP contribution in [0.15, 0.2) is 6.20 Å². The third-order valence-electron chi connectivity index (χ3n) is 3.81. The number of carbonyl (C=O) groups excluding carboxylic acids is 1. The summed E-state index contributed by atoms with van der Waals surface area (Å²) in [5.74, 6) is -0.0557. The number of methoxy groups -OCH3 is 1. The highest BCUT2D eigenvalue weighted by Crippen LogP contribution is 2.26. The summed E-state index contributed by atoms with van der Waals surface area (Å²) < 4.78 is 7.16. The molecule has 1 fully saturated rings. The van der Waals surface area contributed by atoms with Crippen LogP contribution in [0.2, 0.25) is 0 Å². The lowest BCUT2D eigenvalue weighted by Crippen LogP contribution is -2.50. The minimum absolute atomic E-state index is 0.0557. The summed E-state index contributed by atoms with van der Waals surface area (Å²) in [6.45, 7) is 5.95. The van der Waals surface area contributed by atoms with Crippen LogP contribution in [-0.2, 0) is 11.3 Å². The van der Waals surface area contributed by atoms with Gasteiger partial charge in [-0.1, -0.05) is 0 Å². The number of nitrogens with two attached hydrogens (primary N) is 1. The molecule has 1 aromatic heterocycles. The van der Waals surface area contributed by atoms with Crippen LogP contribution >= 0.6 is 0 Å². The van der Waals surface area contributed by atoms with E-state index in [1.165, 1.54) is 6.20 Å². The van der Waals surface area contributed by atoms with Crippen molar-refractivity contribution in [2.75, 3.05) is 25.9 Å². The summed E-state index contributed by atoms with van der Waals surface area (Å²) in [4.78, 5) is 14.4. The van der Waals surface area contributed by atoms with Gasteiger partial charge in [-0.2, -0.15) is 5.10 Å². The molecule has 0 saturated carbocycles. The van der Waals surface area contributed by atoms with Gasteiger partial charge in [0.05, 0.1) is 17.5 Å². The summed E-state index contributed by atoms with van der Waals surface area (Å²) in [6.07, 6.45) is 3.45. The van der Waals surface area contributed by atoms with Crippen LogP contribution in [0.25, 0.3) is 0 Å². The van der Waals surface area contributed by atoms with Crippen molar-refractivity contribution in [1.29, 1.82) is 0 Å². The van der Waals surface area contributed by atoms with Crippen LogP contribution in [0.4, 0.5) is 5.69 Å². The van der Waals surface area contributed by atoms with Gasteiger partial charge >= 0.3 is 0 Å². The van der Waals surface area contributed by atoms with E-state index in [2.05, 4.69) is 5.10 Å². The highest BCUT2D eigenvalue weighted by molar-refractivity contribution is 5.97. The molecule has 0 radical (unpaired) electrons. The summed E-state index contributed by atoms with van der Waals surface area (Å²) in [5.41, 5.74) is 6.53. The Morgan fingerprint density at radius 2 is 2.37 bits per heavy atom. The second kappa shape index (κ2) is 5.21. The minimum Gasteiger partial charge on any atom is -0.396 e. The van der Waals surface area contributed by atoms with Crippen molar-refractivity contribution in [2.45, 2.75) is 38.8 Å². The van der Waals surface area contributed by atoms with E-state index in [0.29, 0.717) is 24.5 Å². The summed E-state index contributed by atoms with van der Waals surface area (Å²) in [7, 11) is 1.69. The molecule has 0 spiro atoms. The first-order valence-corrected chi connectivity index (χ1v) is 6.66. The molecule has 2 rings (SSSR count). The monoisotopic (exact) mass is 266 g/mol. The predicted octanol–water partition coefficient (Wildman–Crippen LogP) is 1.13. The SMILES string of the molecule is CCn1ncc(N)c1C(=O)N1CCCC(C)(OC)C1. The molecule has 1 atom stereocenters. The number of anilines is 1. The fraction of sp³-hybridized carbons (Fsp3) is 0.692. The van der Waals surface area contributed by atoms with Crippen LogP contribution in [0.5, 0.6) is 0 Å². The smallest absolute Gasteiger partial charge is 0.274 e. The van der Waals surface area contributed by atoms with Gasteiger partial charge in [0.2, 0.25) is 0 Å². The van der Waals surface area contributed by atoms with Gasteiger partial charge in [0.1, 0.15) is 5.69 Å². The molecule has 19 heavy (non-hydrogen) atoms. The molecular weight excluding hydrogens is 244 g/mol. The Balaban J connectivity index is 2.22. The maximum absolute atomic E-state index is 12.6. The molecule has 1 amide bonds. The molecule has 0 aliphatic carbocycles. The summed E-state index contributed by atoms with van der Waals surface area (Å²) in [6, 6.07) is 0. The molecule has 1 saturated heterocycles. The summed E-state index contributed by atoms with van der Waals surface area (Å²) in [5, 5.41) is 4.12. The average molecular weight is 266 g/mol. The Hall–Kier alpha value is -1.56. The third-order valence-corrected chi connectivity index (χ3v) is 3.81. The van der Waals surface area contributed by atoms with Crippen molar-refractivity contribution >= 4 is 11.6 Å². The van der Waals surface area contributed by atoms with Crippen molar-refractivity contribution in [3.05, 3.63) is 11.9 Å². The number of nitrogens with zero attached hydrogens (tertiary/aromatic N) is 3. The Bertz CT molecular complexity index is 471. The zero-order valence-corrected chi connectivity index (χ0v) is 11.8. The fourth-order valence-electron chi connectivity index (χ4n) is 2.57. The van der Waals surface area contributed by atoms with E-state index in [1.807, 2.05) is 18.7 Å². The topological polar surface area (TPSA) is 73.4 Å². The van der Waals surface area contributed by atoms with Crippen molar-refractivity contribution in [3.8, 4) is 0 Å². The average Bonchev–Trinajstić information content (AvgIpc) is 2.79. The number of rotatable bonds is 3. The predicted molar refractivity (Wildman–Crippen MR) is 72.9 cm³/mol. The van der Waals surface area contributed by atoms with Crippen LogP contribution in [0.1, 0.15) is 37.2 Å². The van der Waals surface area contributed by atoms with Gasteiger partial charge < -0.3 is 15.4 Å². The van der Waals surface area contributed by atoms with Crippen molar-refractivity contribution in [2.24, 2.45) is 0 Å². The lowest BCUT2D eigenvalue weighted by Gasteiger charge is -2.39. The standard InChI is InChI=1S/C13H22N4O2/c1-4-17-11(10(14)8-15-17)12(18)16-7-5-6-13(2,9-16)19-3/h8H,4-7,9,14H2,1-3H3. The van der Waals surface area contributed by atoms with Gasteiger partial charge in [0.25, 0.3) is 5.91 Å². The Morgan fingerprint density at radius 1 is 1.63 bits per heavy atom. The molecule has 106 valence electrons. The molecule has 6 heteroatoms. The molecule has 1 unspecified atom stereocenters. The fourth-order valence-corrected chi connectivity index (χ4v) is 2.57. The van der Waals surface area contributed by atoms with Crippen molar-refractivity contribution < 1.29 is 9.53 Å². The number of hydrogen-bond donors (Lipinski definition) is 1. The first-order valence-electron chi connectivity index (χ1n) is 6.66. The normalized spacial score (nSPS) is 23.6. The number of aryl methyl sites for hydroxylation is 1. The second-order valence-electron chi connectivity index (χ2n) is 5.25. The van der Waals surface area contributed by atoms with E-state index < -0.39 is 0 Å². The van der Waals surface area contributed by atoms with Crippen LogP contribution in [0, 0.1) is 0 Å². The number of ether oxygens (including phenoxy) is 1. The van der Waals surface area contributed by atoms with Crippen LogP contribution in [0.3, 0.4) is 0 Å². The van der Waals surface area contributed by atoms with Gasteiger partial charge in [-0.15, -0.1) is 0 Å². The number of likely N-dealkylation sites (tertiary alicyclic amines) is 1. The van der Waals surface area contributed by atoms with E-state index in [-0.39, 0.29) is 11.5 Å². The Labute approximate surface area is 113 Å². The maximum Gasteiger partial charge on any atom is 0.274 e. The molecule has 0 aromatic carbocycles. The third kappa shape index (κ3) is 2.58. The number of amides is 1. The van der Waals surface area contributed by atoms with Crippen molar-refractivity contribution in [3.63, 3.8) is 0 Å². The van der Waals surface area contributed by atoms with Crippen LogP contribution in [-0.4, -0.2) is 46.4 Å². The van der Waals surface area contributed by atoms with Gasteiger partial charge in [-0.25, -0.2) is 0 Å². The Morgan fingerprint density at radius 3 is 3.00 bits per heavy atom. The van der Waals surface area contributed by atoms with Gasteiger partial charge in [-0.05, 0) is 26.7 Å². The number of aromatic nitrogens is 2. The molecule has 2 heterocycles. The van der Waals surface area contributed by atoms with E-state index in [4.69, 9.17) is 10.5 Å². The van der Waals surface area contributed by atoms with E-state index in [1.54, 1.807) is 11.8 Å². The summed E-state index contributed by atoms with van der Waals surface area (Å²) >= 11 is 0. The van der Waals surface area contributed by atoms with E-state index in [9.17, 15) is 4.79 Å². The lowest BCUT2D eigenvalue weighted by molar-refractivity contribution is -0.0442. The first kappa shape index (κ1) is 13.9. The van der Waals surface area contributed by atoms with Gasteiger partial charge in [0, 0.05) is 26.7 Å². The van der Waals surface area contributed by atoms with Crippen molar-refractivity contribution in [1.82, 2.24) is 14.7 Å². The maximum atomic E-state index is 12.6. The minimum atomic E-state index is -0.264.